The summed E-state index contributed by atoms with van der Waals surface area (Å²) in [7, 11) is 0. The lowest BCUT2D eigenvalue weighted by Crippen LogP contribution is -2.04. The molecule has 0 aliphatic heterocycles. The number of hydrogen-bond donors (Lipinski definition) is 1. The van der Waals surface area contributed by atoms with Crippen LogP contribution in [0.2, 0.25) is 0 Å². The van der Waals surface area contributed by atoms with Gasteiger partial charge in [-0.3, -0.25) is 4.79 Å². The SMILES string of the molecule is O=C(c1ccccc1)c1nnsc1CO. The van der Waals surface area contributed by atoms with Crippen molar-refractivity contribution in [3.63, 3.8) is 0 Å². The summed E-state index contributed by atoms with van der Waals surface area (Å²) in [6, 6.07) is 8.83. The Morgan fingerprint density at radius 2 is 2.07 bits per heavy atom. The number of benzene rings is 1. The lowest BCUT2D eigenvalue weighted by molar-refractivity contribution is 0.103. The van der Waals surface area contributed by atoms with E-state index < -0.39 is 0 Å². The Morgan fingerprint density at radius 1 is 1.33 bits per heavy atom. The number of ketones is 1. The summed E-state index contributed by atoms with van der Waals surface area (Å²) in [5.41, 5.74) is 0.800. The second-order valence-electron chi connectivity index (χ2n) is 2.90. The summed E-state index contributed by atoms with van der Waals surface area (Å²) < 4.78 is 3.65. The monoisotopic (exact) mass is 220 g/mol. The van der Waals surface area contributed by atoms with Crippen molar-refractivity contribution in [3.05, 3.63) is 46.5 Å². The molecule has 76 valence electrons. The number of aliphatic hydroxyl groups excluding tert-OH is 1. The fourth-order valence-corrected chi connectivity index (χ4v) is 1.71. The molecule has 0 aliphatic rings. The summed E-state index contributed by atoms with van der Waals surface area (Å²) in [4.78, 5) is 12.4. The molecule has 0 radical (unpaired) electrons. The van der Waals surface area contributed by atoms with Crippen LogP contribution in [-0.2, 0) is 6.61 Å². The Morgan fingerprint density at radius 3 is 2.73 bits per heavy atom. The molecule has 0 unspecified atom stereocenters. The number of hydrogen-bond acceptors (Lipinski definition) is 5. The van der Waals surface area contributed by atoms with Crippen molar-refractivity contribution in [2.45, 2.75) is 6.61 Å². The maximum Gasteiger partial charge on any atom is 0.214 e. The number of nitrogens with zero attached hydrogens (tertiary/aromatic N) is 2. The molecule has 0 saturated heterocycles. The molecular formula is C10H8N2O2S. The third kappa shape index (κ3) is 1.93. The first-order valence-electron chi connectivity index (χ1n) is 4.34. The summed E-state index contributed by atoms with van der Waals surface area (Å²) in [6.45, 7) is -0.203. The van der Waals surface area contributed by atoms with Gasteiger partial charge >= 0.3 is 0 Å². The topological polar surface area (TPSA) is 63.1 Å². The highest BCUT2D eigenvalue weighted by atomic mass is 32.1. The van der Waals surface area contributed by atoms with Gasteiger partial charge in [0.15, 0.2) is 5.69 Å². The van der Waals surface area contributed by atoms with Crippen LogP contribution in [0.15, 0.2) is 30.3 Å². The van der Waals surface area contributed by atoms with Gasteiger partial charge in [-0.1, -0.05) is 34.8 Å². The number of aromatic nitrogens is 2. The lowest BCUT2D eigenvalue weighted by Gasteiger charge is -1.97. The predicted octanol–water partition coefficient (Wildman–Crippen LogP) is 1.26. The summed E-state index contributed by atoms with van der Waals surface area (Å²) >= 11 is 1.04. The molecule has 1 aromatic heterocycles. The van der Waals surface area contributed by atoms with Crippen molar-refractivity contribution in [2.75, 3.05) is 0 Å². The molecule has 2 rings (SSSR count). The molecule has 1 heterocycles. The predicted molar refractivity (Wildman–Crippen MR) is 55.7 cm³/mol. The van der Waals surface area contributed by atoms with Crippen molar-refractivity contribution in [2.24, 2.45) is 0 Å². The molecule has 0 aliphatic carbocycles. The maximum atomic E-state index is 11.9. The summed E-state index contributed by atoms with van der Waals surface area (Å²) in [5, 5.41) is 12.7. The van der Waals surface area contributed by atoms with E-state index in [1.807, 2.05) is 6.07 Å². The van der Waals surface area contributed by atoms with Gasteiger partial charge in [-0.05, 0) is 11.5 Å². The molecule has 0 bridgehead atoms. The van der Waals surface area contributed by atoms with Crippen molar-refractivity contribution in [1.82, 2.24) is 9.59 Å². The molecule has 0 saturated carbocycles. The molecule has 0 atom stereocenters. The zero-order valence-electron chi connectivity index (χ0n) is 7.75. The molecule has 0 fully saturated rings. The molecule has 0 amide bonds. The molecule has 5 heteroatoms. The maximum absolute atomic E-state index is 11.9. The fourth-order valence-electron chi connectivity index (χ4n) is 1.21. The average Bonchev–Trinajstić information content (AvgIpc) is 2.77. The van der Waals surface area contributed by atoms with Gasteiger partial charge in [0.2, 0.25) is 5.78 Å². The molecule has 4 nitrogen and oxygen atoms in total. The highest BCUT2D eigenvalue weighted by molar-refractivity contribution is 7.05. The zero-order chi connectivity index (χ0) is 10.7. The minimum absolute atomic E-state index is 0.201. The second-order valence-corrected chi connectivity index (χ2v) is 3.74. The van der Waals surface area contributed by atoms with Crippen LogP contribution >= 0.6 is 11.5 Å². The van der Waals surface area contributed by atoms with Crippen LogP contribution < -0.4 is 0 Å². The third-order valence-electron chi connectivity index (χ3n) is 1.95. The number of carbonyl (C=O) groups excluding carboxylic acids is 1. The number of rotatable bonds is 3. The smallest absolute Gasteiger partial charge is 0.214 e. The Bertz CT molecular complexity index is 467. The van der Waals surface area contributed by atoms with E-state index in [0.717, 1.165) is 11.5 Å². The van der Waals surface area contributed by atoms with E-state index in [-0.39, 0.29) is 18.1 Å². The van der Waals surface area contributed by atoms with E-state index in [1.54, 1.807) is 24.3 Å². The van der Waals surface area contributed by atoms with Crippen LogP contribution in [0.3, 0.4) is 0 Å². The minimum Gasteiger partial charge on any atom is -0.391 e. The Hall–Kier alpha value is -1.59. The lowest BCUT2D eigenvalue weighted by atomic mass is 10.1. The molecule has 2 aromatic rings. The molecule has 0 spiro atoms. The number of aliphatic hydroxyl groups is 1. The van der Waals surface area contributed by atoms with Crippen LogP contribution in [0, 0.1) is 0 Å². The minimum atomic E-state index is -0.203. The van der Waals surface area contributed by atoms with Gasteiger partial charge in [0.05, 0.1) is 11.5 Å². The van der Waals surface area contributed by atoms with E-state index in [1.165, 1.54) is 0 Å². The van der Waals surface area contributed by atoms with Gasteiger partial charge in [-0.15, -0.1) is 5.10 Å². The number of carbonyl (C=O) groups is 1. The van der Waals surface area contributed by atoms with Crippen molar-refractivity contribution < 1.29 is 9.90 Å². The Labute approximate surface area is 90.4 Å². The second kappa shape index (κ2) is 4.29. The van der Waals surface area contributed by atoms with Gasteiger partial charge in [-0.2, -0.15) is 0 Å². The highest BCUT2D eigenvalue weighted by Gasteiger charge is 2.16. The van der Waals surface area contributed by atoms with Crippen LogP contribution in [0.25, 0.3) is 0 Å². The fraction of sp³-hybridized carbons (Fsp3) is 0.100. The van der Waals surface area contributed by atoms with E-state index >= 15 is 0 Å². The van der Waals surface area contributed by atoms with Gasteiger partial charge in [0, 0.05) is 5.56 Å². The van der Waals surface area contributed by atoms with Gasteiger partial charge < -0.3 is 5.11 Å². The highest BCUT2D eigenvalue weighted by Crippen LogP contribution is 2.14. The Kier molecular flexibility index (Phi) is 2.84. The largest absolute Gasteiger partial charge is 0.391 e. The standard InChI is InChI=1S/C10H8N2O2S/c13-6-8-9(11-12-15-8)10(14)7-4-2-1-3-5-7/h1-5,13H,6H2. The van der Waals surface area contributed by atoms with E-state index in [2.05, 4.69) is 9.59 Å². The van der Waals surface area contributed by atoms with Gasteiger partial charge in [0.1, 0.15) is 0 Å². The first-order valence-corrected chi connectivity index (χ1v) is 5.12. The van der Waals surface area contributed by atoms with Gasteiger partial charge in [0.25, 0.3) is 0 Å². The summed E-state index contributed by atoms with van der Waals surface area (Å²) in [6.07, 6.45) is 0. The molecule has 1 aromatic carbocycles. The molecular weight excluding hydrogens is 212 g/mol. The molecule has 1 N–H and O–H groups in total. The van der Waals surface area contributed by atoms with Crippen LogP contribution in [0.5, 0.6) is 0 Å². The van der Waals surface area contributed by atoms with Crippen molar-refractivity contribution in [3.8, 4) is 0 Å². The summed E-state index contributed by atoms with van der Waals surface area (Å²) in [5.74, 6) is -0.201. The average molecular weight is 220 g/mol. The van der Waals surface area contributed by atoms with Crippen LogP contribution in [-0.4, -0.2) is 20.5 Å². The third-order valence-corrected chi connectivity index (χ3v) is 2.66. The van der Waals surface area contributed by atoms with Crippen molar-refractivity contribution >= 4 is 17.3 Å². The van der Waals surface area contributed by atoms with E-state index in [9.17, 15) is 4.79 Å². The quantitative estimate of drug-likeness (QED) is 0.791. The zero-order valence-corrected chi connectivity index (χ0v) is 8.57. The van der Waals surface area contributed by atoms with Crippen molar-refractivity contribution in [1.29, 1.82) is 0 Å². The van der Waals surface area contributed by atoms with Gasteiger partial charge in [-0.25, -0.2) is 0 Å². The first-order chi connectivity index (χ1) is 7.33. The van der Waals surface area contributed by atoms with E-state index in [4.69, 9.17) is 5.11 Å². The Balaban J connectivity index is 2.37. The van der Waals surface area contributed by atoms with Crippen LogP contribution in [0.4, 0.5) is 0 Å². The molecule has 15 heavy (non-hydrogen) atoms. The first kappa shape index (κ1) is 9.95. The van der Waals surface area contributed by atoms with Crippen LogP contribution in [0.1, 0.15) is 20.9 Å². The van der Waals surface area contributed by atoms with E-state index in [0.29, 0.717) is 10.4 Å². The normalized spacial score (nSPS) is 10.2.